The van der Waals surface area contributed by atoms with E-state index in [1.807, 2.05) is 24.3 Å². The summed E-state index contributed by atoms with van der Waals surface area (Å²) in [5, 5.41) is 22.3. The zero-order chi connectivity index (χ0) is 34.6. The van der Waals surface area contributed by atoms with Crippen molar-refractivity contribution in [2.75, 3.05) is 6.54 Å². The van der Waals surface area contributed by atoms with Crippen LogP contribution < -0.4 is 27.0 Å². The van der Waals surface area contributed by atoms with Crippen LogP contribution in [0.5, 0.6) is 5.75 Å². The van der Waals surface area contributed by atoms with Gasteiger partial charge in [0.25, 0.3) is 0 Å². The molecule has 1 saturated heterocycles. The molecule has 5 atom stereocenters. The van der Waals surface area contributed by atoms with Crippen molar-refractivity contribution in [2.24, 2.45) is 5.73 Å². The van der Waals surface area contributed by atoms with Crippen molar-refractivity contribution in [2.45, 2.75) is 95.5 Å². The number of nitrogens with one attached hydrogen (secondary N) is 5. The maximum absolute atomic E-state index is 13.9. The number of carbonyl (C=O) groups is 5. The first-order valence-electron chi connectivity index (χ1n) is 16.4. The molecule has 0 aliphatic carbocycles. The number of H-pyrrole nitrogens is 1. The van der Waals surface area contributed by atoms with E-state index in [1.165, 1.54) is 13.0 Å². The molecule has 8 N–H and O–H groups in total. The molecule has 13 heteroatoms. The van der Waals surface area contributed by atoms with E-state index in [-0.39, 0.29) is 55.6 Å². The first-order valence-corrected chi connectivity index (χ1v) is 16.4. The Morgan fingerprint density at radius 3 is 2.46 bits per heavy atom. The topological polar surface area (TPSA) is 205 Å². The zero-order valence-electron chi connectivity index (χ0n) is 27.4. The molecule has 3 aromatic rings. The number of hydrogen-bond acceptors (Lipinski definition) is 8. The predicted molar refractivity (Wildman–Crippen MR) is 180 cm³/mol. The van der Waals surface area contributed by atoms with E-state index in [9.17, 15) is 29.1 Å². The highest BCUT2D eigenvalue weighted by Gasteiger charge is 2.33. The van der Waals surface area contributed by atoms with Crippen molar-refractivity contribution in [3.05, 3.63) is 65.9 Å². The van der Waals surface area contributed by atoms with Crippen LogP contribution in [0.25, 0.3) is 10.9 Å². The molecule has 5 unspecified atom stereocenters. The van der Waals surface area contributed by atoms with Gasteiger partial charge in [-0.2, -0.15) is 0 Å². The monoisotopic (exact) mass is 662 g/mol. The fraction of sp³-hybridized carbons (Fsp3) is 0.457. The zero-order valence-corrected chi connectivity index (χ0v) is 27.4. The number of amides is 4. The molecule has 48 heavy (non-hydrogen) atoms. The minimum Gasteiger partial charge on any atom is -0.508 e. The van der Waals surface area contributed by atoms with Crippen molar-refractivity contribution in [3.63, 3.8) is 0 Å². The molecular formula is C35H46N6O7. The first-order chi connectivity index (χ1) is 23.0. The Balaban J connectivity index is 1.50. The van der Waals surface area contributed by atoms with Gasteiger partial charge in [0, 0.05) is 55.4 Å². The van der Waals surface area contributed by atoms with Gasteiger partial charge in [-0.3, -0.25) is 24.0 Å². The Morgan fingerprint density at radius 1 is 0.979 bits per heavy atom. The van der Waals surface area contributed by atoms with Crippen LogP contribution in [0.15, 0.2) is 54.7 Å². The number of phenolic OH excluding ortho intramolecular Hbond substituents is 1. The molecular weight excluding hydrogens is 616 g/mol. The van der Waals surface area contributed by atoms with Gasteiger partial charge in [-0.05, 0) is 62.1 Å². The number of nitrogens with two attached hydrogens (primary N) is 1. The second kappa shape index (κ2) is 17.3. The van der Waals surface area contributed by atoms with Crippen molar-refractivity contribution in [1.82, 2.24) is 26.3 Å². The number of ether oxygens (including phenoxy) is 1. The Kier molecular flexibility index (Phi) is 13.0. The van der Waals surface area contributed by atoms with Gasteiger partial charge in [0.15, 0.2) is 0 Å². The summed E-state index contributed by atoms with van der Waals surface area (Å²) in [4.78, 5) is 67.4. The molecule has 13 nitrogen and oxygen atoms in total. The van der Waals surface area contributed by atoms with Crippen molar-refractivity contribution >= 4 is 40.5 Å². The second-order valence-corrected chi connectivity index (χ2v) is 12.4. The molecule has 0 spiro atoms. The Bertz CT molecular complexity index is 1590. The van der Waals surface area contributed by atoms with Gasteiger partial charge in [0.1, 0.15) is 17.9 Å². The second-order valence-electron chi connectivity index (χ2n) is 12.4. The molecule has 1 fully saturated rings. The predicted octanol–water partition coefficient (Wildman–Crippen LogP) is 1.86. The third-order valence-electron chi connectivity index (χ3n) is 8.38. The fourth-order valence-corrected chi connectivity index (χ4v) is 6.04. The van der Waals surface area contributed by atoms with Gasteiger partial charge in [0.2, 0.25) is 23.6 Å². The highest BCUT2D eigenvalue weighted by Crippen LogP contribution is 2.20. The molecule has 1 aliphatic heterocycles. The summed E-state index contributed by atoms with van der Waals surface area (Å²) in [5.74, 6) is -1.86. The summed E-state index contributed by atoms with van der Waals surface area (Å²) in [6.45, 7) is 3.54. The maximum Gasteiger partial charge on any atom is 0.308 e. The molecule has 1 aromatic heterocycles. The summed E-state index contributed by atoms with van der Waals surface area (Å²) in [6.07, 6.45) is 3.60. The lowest BCUT2D eigenvalue weighted by Gasteiger charge is -2.25. The Morgan fingerprint density at radius 2 is 1.75 bits per heavy atom. The smallest absolute Gasteiger partial charge is 0.308 e. The quantitative estimate of drug-likeness (QED) is 0.0837. The van der Waals surface area contributed by atoms with Gasteiger partial charge in [-0.1, -0.05) is 36.8 Å². The van der Waals surface area contributed by atoms with Crippen LogP contribution in [0.4, 0.5) is 0 Å². The Hall–Kier alpha value is -4.91. The van der Waals surface area contributed by atoms with Crippen molar-refractivity contribution in [3.8, 4) is 5.75 Å². The normalized spacial score (nSPS) is 17.6. The highest BCUT2D eigenvalue weighted by atomic mass is 16.6. The van der Waals surface area contributed by atoms with E-state index in [0.29, 0.717) is 25.8 Å². The van der Waals surface area contributed by atoms with E-state index in [4.69, 9.17) is 10.5 Å². The van der Waals surface area contributed by atoms with E-state index < -0.39 is 42.1 Å². The lowest BCUT2D eigenvalue weighted by Crippen LogP contribution is -2.52. The summed E-state index contributed by atoms with van der Waals surface area (Å²) >= 11 is 0. The number of phenols is 1. The average molecular weight is 663 g/mol. The summed E-state index contributed by atoms with van der Waals surface area (Å²) in [5.41, 5.74) is 8.14. The van der Waals surface area contributed by atoms with Gasteiger partial charge in [0.05, 0.1) is 12.5 Å². The summed E-state index contributed by atoms with van der Waals surface area (Å²) < 4.78 is 5.15. The SMILES string of the molecule is CC(=O)NC(CC(=O)NC(Cc1c[nH]c2ccccc12)C(=O)NC(CCCCN)CC(=O)NC1CC(=O)OC1C)Cc1cccc(O)c1. The number of aromatic hydroxyl groups is 1. The standard InChI is InChI=1S/C35H46N6O7/c1-21-30(19-34(46)48-21)40-32(44)17-25(9-5-6-13-36)39-35(47)31(16-24-20-37-29-12-4-3-11-28(24)29)41-33(45)18-26(38-22(2)42)14-23-8-7-10-27(43)15-23/h3-4,7-8,10-12,15,20-21,25-26,30-31,37,43H,5-6,9,13-14,16-19,36H2,1-2H3,(H,38,42)(H,39,47)(H,40,44)(H,41,45). The van der Waals surface area contributed by atoms with E-state index in [1.54, 1.807) is 31.3 Å². The third-order valence-corrected chi connectivity index (χ3v) is 8.38. The Labute approximate surface area is 279 Å². The van der Waals surface area contributed by atoms with E-state index >= 15 is 0 Å². The molecule has 4 rings (SSSR count). The van der Waals surface area contributed by atoms with Crippen LogP contribution in [0.2, 0.25) is 0 Å². The van der Waals surface area contributed by atoms with Gasteiger partial charge >= 0.3 is 5.97 Å². The molecule has 4 amide bonds. The number of cyclic esters (lactones) is 1. The molecule has 2 heterocycles. The number of aromatic amines is 1. The number of rotatable bonds is 17. The lowest BCUT2D eigenvalue weighted by molar-refractivity contribution is -0.141. The number of hydrogen-bond donors (Lipinski definition) is 7. The van der Waals surface area contributed by atoms with E-state index in [2.05, 4.69) is 26.3 Å². The summed E-state index contributed by atoms with van der Waals surface area (Å²) in [7, 11) is 0. The van der Waals surface area contributed by atoms with Crippen LogP contribution in [0, 0.1) is 0 Å². The van der Waals surface area contributed by atoms with E-state index in [0.717, 1.165) is 22.0 Å². The number of aromatic nitrogens is 1. The molecule has 258 valence electrons. The van der Waals surface area contributed by atoms with Gasteiger partial charge < -0.3 is 41.8 Å². The van der Waals surface area contributed by atoms with Crippen LogP contribution >= 0.6 is 0 Å². The number of esters is 1. The minimum atomic E-state index is -1.00. The number of fused-ring (bicyclic) bond motifs is 1. The average Bonchev–Trinajstić information content (AvgIpc) is 3.57. The molecule has 1 aliphatic rings. The van der Waals surface area contributed by atoms with Gasteiger partial charge in [-0.25, -0.2) is 0 Å². The fourth-order valence-electron chi connectivity index (χ4n) is 6.04. The van der Waals surface area contributed by atoms with Crippen LogP contribution in [-0.2, 0) is 41.6 Å². The number of unbranched alkanes of at least 4 members (excludes halogenated alkanes) is 1. The van der Waals surface area contributed by atoms with Crippen molar-refractivity contribution < 1.29 is 33.8 Å². The van der Waals surface area contributed by atoms with Crippen LogP contribution in [0.3, 0.4) is 0 Å². The van der Waals surface area contributed by atoms with Crippen molar-refractivity contribution in [1.29, 1.82) is 0 Å². The highest BCUT2D eigenvalue weighted by molar-refractivity contribution is 5.90. The minimum absolute atomic E-state index is 0.0317. The summed E-state index contributed by atoms with van der Waals surface area (Å²) in [6, 6.07) is 11.6. The van der Waals surface area contributed by atoms with Crippen LogP contribution in [-0.4, -0.2) is 76.5 Å². The number of benzene rings is 2. The lowest BCUT2D eigenvalue weighted by atomic mass is 10.00. The third kappa shape index (κ3) is 10.8. The molecule has 0 bridgehead atoms. The van der Waals surface area contributed by atoms with Crippen LogP contribution in [0.1, 0.15) is 63.5 Å². The molecule has 2 aromatic carbocycles. The van der Waals surface area contributed by atoms with Gasteiger partial charge in [-0.15, -0.1) is 0 Å². The maximum atomic E-state index is 13.9. The largest absolute Gasteiger partial charge is 0.508 e. The number of carbonyl (C=O) groups excluding carboxylic acids is 5. The molecule has 0 radical (unpaired) electrons. The number of para-hydroxylation sites is 1. The molecule has 0 saturated carbocycles. The first kappa shape index (κ1) is 35.9.